The highest BCUT2D eigenvalue weighted by atomic mass is 35.5. The lowest BCUT2D eigenvalue weighted by atomic mass is 10.3. The molecule has 0 atom stereocenters. The molecule has 1 aromatic carbocycles. The third kappa shape index (κ3) is 4.98. The van der Waals surface area contributed by atoms with Crippen LogP contribution >= 0.6 is 23.4 Å². The van der Waals surface area contributed by atoms with Gasteiger partial charge in [0.1, 0.15) is 0 Å². The molecule has 0 fully saturated rings. The number of halogens is 1. The van der Waals surface area contributed by atoms with Crippen LogP contribution in [0, 0.1) is 11.3 Å². The van der Waals surface area contributed by atoms with Crippen molar-refractivity contribution in [2.75, 3.05) is 18.0 Å². The molecular weight excluding hydrogens is 258 g/mol. The second kappa shape index (κ2) is 7.05. The quantitative estimate of drug-likeness (QED) is 0.487. The summed E-state index contributed by atoms with van der Waals surface area (Å²) in [6.07, 6.45) is 0.324. The molecule has 4 nitrogen and oxygen atoms in total. The largest absolute Gasteiger partial charge is 0.398 e. The van der Waals surface area contributed by atoms with Crippen molar-refractivity contribution in [1.29, 1.82) is 5.26 Å². The maximum Gasteiger partial charge on any atom is 0.230 e. The fourth-order valence-corrected chi connectivity index (χ4v) is 2.07. The molecule has 0 spiro atoms. The van der Waals surface area contributed by atoms with Crippen LogP contribution in [-0.4, -0.2) is 18.2 Å². The first kappa shape index (κ1) is 13.7. The first-order valence-corrected chi connectivity index (χ1v) is 6.31. The Morgan fingerprint density at radius 2 is 2.35 bits per heavy atom. The number of hydrogen-bond acceptors (Lipinski definition) is 4. The summed E-state index contributed by atoms with van der Waals surface area (Å²) in [6, 6.07) is 7.20. The predicted octanol–water partition coefficient (Wildman–Crippen LogP) is 2.04. The van der Waals surface area contributed by atoms with E-state index in [0.717, 1.165) is 4.90 Å². The number of nitriles is 1. The Balaban J connectivity index is 2.37. The maximum absolute atomic E-state index is 11.3. The van der Waals surface area contributed by atoms with Crippen molar-refractivity contribution in [1.82, 2.24) is 5.32 Å². The Kier molecular flexibility index (Phi) is 5.67. The van der Waals surface area contributed by atoms with E-state index >= 15 is 0 Å². The Morgan fingerprint density at radius 1 is 1.59 bits per heavy atom. The van der Waals surface area contributed by atoms with Crippen molar-refractivity contribution < 1.29 is 4.79 Å². The average Bonchev–Trinajstić information content (AvgIpc) is 2.31. The molecule has 0 radical (unpaired) electrons. The molecule has 17 heavy (non-hydrogen) atoms. The van der Waals surface area contributed by atoms with Gasteiger partial charge in [-0.2, -0.15) is 5.26 Å². The maximum atomic E-state index is 11.3. The van der Waals surface area contributed by atoms with Gasteiger partial charge in [0.15, 0.2) is 0 Å². The second-order valence-electron chi connectivity index (χ2n) is 3.23. The van der Waals surface area contributed by atoms with E-state index in [1.54, 1.807) is 12.1 Å². The van der Waals surface area contributed by atoms with E-state index in [1.165, 1.54) is 11.8 Å². The highest BCUT2D eigenvalue weighted by Gasteiger charge is 2.03. The van der Waals surface area contributed by atoms with Crippen LogP contribution in [0.3, 0.4) is 0 Å². The number of carbonyl (C=O) groups excluding carboxylic acids is 1. The van der Waals surface area contributed by atoms with E-state index in [1.807, 2.05) is 12.1 Å². The van der Waals surface area contributed by atoms with Crippen molar-refractivity contribution in [2.24, 2.45) is 0 Å². The molecule has 0 aliphatic heterocycles. The number of thioether (sulfide) groups is 1. The molecule has 90 valence electrons. The third-order valence-electron chi connectivity index (χ3n) is 1.90. The molecule has 6 heteroatoms. The van der Waals surface area contributed by atoms with Crippen LogP contribution in [0.15, 0.2) is 23.1 Å². The van der Waals surface area contributed by atoms with Gasteiger partial charge in [0.2, 0.25) is 5.91 Å². The topological polar surface area (TPSA) is 78.9 Å². The highest BCUT2D eigenvalue weighted by molar-refractivity contribution is 8.00. The first-order valence-electron chi connectivity index (χ1n) is 4.95. The molecule has 1 aromatic rings. The lowest BCUT2D eigenvalue weighted by Gasteiger charge is -2.04. The van der Waals surface area contributed by atoms with Crippen molar-refractivity contribution >= 4 is 35.0 Å². The zero-order valence-corrected chi connectivity index (χ0v) is 10.6. The minimum atomic E-state index is -0.0989. The number of nitrogen functional groups attached to an aromatic ring is 1. The number of nitrogens with one attached hydrogen (secondary N) is 1. The minimum Gasteiger partial charge on any atom is -0.398 e. The molecule has 0 heterocycles. The van der Waals surface area contributed by atoms with Crippen LogP contribution in [-0.2, 0) is 4.79 Å². The van der Waals surface area contributed by atoms with Crippen LogP contribution in [0.2, 0.25) is 5.02 Å². The van der Waals surface area contributed by atoms with Gasteiger partial charge in [-0.1, -0.05) is 11.6 Å². The summed E-state index contributed by atoms with van der Waals surface area (Å²) < 4.78 is 0. The van der Waals surface area contributed by atoms with Gasteiger partial charge in [0.05, 0.1) is 29.0 Å². The molecule has 0 aliphatic carbocycles. The first-order chi connectivity index (χ1) is 8.13. The van der Waals surface area contributed by atoms with Crippen LogP contribution in [0.1, 0.15) is 6.42 Å². The van der Waals surface area contributed by atoms with Crippen LogP contribution in [0.4, 0.5) is 5.69 Å². The summed E-state index contributed by atoms with van der Waals surface area (Å²) in [7, 11) is 0. The summed E-state index contributed by atoms with van der Waals surface area (Å²) in [5.74, 6) is 0.198. The van der Waals surface area contributed by atoms with E-state index in [2.05, 4.69) is 5.32 Å². The molecule has 0 saturated heterocycles. The number of anilines is 1. The number of rotatable bonds is 5. The smallest absolute Gasteiger partial charge is 0.230 e. The lowest BCUT2D eigenvalue weighted by Crippen LogP contribution is -2.25. The molecular formula is C11H12ClN3OS. The van der Waals surface area contributed by atoms with E-state index in [0.29, 0.717) is 29.4 Å². The number of hydrogen-bond donors (Lipinski definition) is 2. The fourth-order valence-electron chi connectivity index (χ4n) is 1.06. The summed E-state index contributed by atoms with van der Waals surface area (Å²) in [4.78, 5) is 12.2. The number of carbonyl (C=O) groups is 1. The predicted molar refractivity (Wildman–Crippen MR) is 69.8 cm³/mol. The van der Waals surface area contributed by atoms with Gasteiger partial charge in [-0.3, -0.25) is 4.79 Å². The zero-order valence-electron chi connectivity index (χ0n) is 9.07. The highest BCUT2D eigenvalue weighted by Crippen LogP contribution is 2.26. The van der Waals surface area contributed by atoms with E-state index in [9.17, 15) is 4.79 Å². The SMILES string of the molecule is N#CCCNC(=O)CSc1ccc(N)c(Cl)c1. The minimum absolute atomic E-state index is 0.0989. The molecule has 0 unspecified atom stereocenters. The average molecular weight is 270 g/mol. The van der Waals surface area contributed by atoms with Crippen LogP contribution in [0.5, 0.6) is 0 Å². The second-order valence-corrected chi connectivity index (χ2v) is 4.69. The van der Waals surface area contributed by atoms with Crippen LogP contribution < -0.4 is 11.1 Å². The number of amides is 1. The van der Waals surface area contributed by atoms with Crippen molar-refractivity contribution in [3.63, 3.8) is 0 Å². The molecule has 3 N–H and O–H groups in total. The Hall–Kier alpha value is -1.38. The van der Waals surface area contributed by atoms with Crippen molar-refractivity contribution in [2.45, 2.75) is 11.3 Å². The monoisotopic (exact) mass is 269 g/mol. The summed E-state index contributed by atoms with van der Waals surface area (Å²) >= 11 is 7.23. The Labute approximate surface area is 109 Å². The summed E-state index contributed by atoms with van der Waals surface area (Å²) in [6.45, 7) is 0.387. The van der Waals surface area contributed by atoms with Gasteiger partial charge in [0.25, 0.3) is 0 Å². The van der Waals surface area contributed by atoms with Gasteiger partial charge in [0, 0.05) is 11.4 Å². The van der Waals surface area contributed by atoms with Crippen LogP contribution in [0.25, 0.3) is 0 Å². The lowest BCUT2D eigenvalue weighted by molar-refractivity contribution is -0.118. The molecule has 0 aromatic heterocycles. The number of nitrogens with two attached hydrogens (primary N) is 1. The normalized spacial score (nSPS) is 9.65. The molecule has 1 rings (SSSR count). The Morgan fingerprint density at radius 3 is 3.00 bits per heavy atom. The zero-order chi connectivity index (χ0) is 12.7. The van der Waals surface area contributed by atoms with E-state index < -0.39 is 0 Å². The van der Waals surface area contributed by atoms with E-state index in [4.69, 9.17) is 22.6 Å². The van der Waals surface area contributed by atoms with Gasteiger partial charge in [-0.15, -0.1) is 11.8 Å². The summed E-state index contributed by atoms with van der Waals surface area (Å²) in [5, 5.41) is 11.4. The fraction of sp³-hybridized carbons (Fsp3) is 0.273. The van der Waals surface area contributed by atoms with Gasteiger partial charge >= 0.3 is 0 Å². The molecule has 0 aliphatic rings. The van der Waals surface area contributed by atoms with Gasteiger partial charge < -0.3 is 11.1 Å². The molecule has 1 amide bonds. The van der Waals surface area contributed by atoms with E-state index in [-0.39, 0.29) is 5.91 Å². The van der Waals surface area contributed by atoms with Gasteiger partial charge in [-0.05, 0) is 18.2 Å². The third-order valence-corrected chi connectivity index (χ3v) is 3.22. The number of nitrogens with zero attached hydrogens (tertiary/aromatic N) is 1. The molecule has 0 saturated carbocycles. The van der Waals surface area contributed by atoms with Crippen molar-refractivity contribution in [3.05, 3.63) is 23.2 Å². The van der Waals surface area contributed by atoms with Crippen molar-refractivity contribution in [3.8, 4) is 6.07 Å². The number of benzene rings is 1. The Bertz CT molecular complexity index is 445. The summed E-state index contributed by atoms with van der Waals surface area (Å²) in [5.41, 5.74) is 6.10. The standard InChI is InChI=1S/C11H12ClN3OS/c12-9-6-8(2-3-10(9)14)17-7-11(16)15-5-1-4-13/h2-3,6H,1,5,7,14H2,(H,15,16). The molecule has 0 bridgehead atoms. The van der Waals surface area contributed by atoms with Gasteiger partial charge in [-0.25, -0.2) is 0 Å².